The Labute approximate surface area is 115 Å². The number of benzene rings is 1. The van der Waals surface area contributed by atoms with Crippen molar-refractivity contribution in [2.75, 3.05) is 17.3 Å². The number of hydrogen-bond donors (Lipinski definition) is 1. The zero-order chi connectivity index (χ0) is 14.5. The maximum absolute atomic E-state index is 12.5. The Morgan fingerprint density at radius 2 is 2.11 bits per heavy atom. The van der Waals surface area contributed by atoms with Crippen LogP contribution in [0.1, 0.15) is 24.5 Å². The summed E-state index contributed by atoms with van der Waals surface area (Å²) in [6, 6.07) is 5.10. The summed E-state index contributed by atoms with van der Waals surface area (Å²) in [6.45, 7) is 1.94. The number of anilines is 1. The normalized spacial score (nSPS) is 12.8. The summed E-state index contributed by atoms with van der Waals surface area (Å²) in [5, 5.41) is 12.0. The van der Waals surface area contributed by atoms with E-state index >= 15 is 0 Å². The van der Waals surface area contributed by atoms with Crippen molar-refractivity contribution in [2.45, 2.75) is 25.6 Å². The average molecular weight is 288 g/mol. The van der Waals surface area contributed by atoms with Gasteiger partial charge in [0.1, 0.15) is 6.07 Å². The van der Waals surface area contributed by atoms with E-state index in [0.717, 1.165) is 24.3 Å². The summed E-state index contributed by atoms with van der Waals surface area (Å²) in [5.74, 6) is 0.955. The molecule has 1 aromatic carbocycles. The minimum atomic E-state index is -4.42. The van der Waals surface area contributed by atoms with E-state index < -0.39 is 11.7 Å². The topological polar surface area (TPSA) is 35.8 Å². The quantitative estimate of drug-likeness (QED) is 0.885. The lowest BCUT2D eigenvalue weighted by Gasteiger charge is -2.16. The zero-order valence-corrected chi connectivity index (χ0v) is 11.5. The second kappa shape index (κ2) is 6.71. The van der Waals surface area contributed by atoms with Gasteiger partial charge in [-0.3, -0.25) is 0 Å². The molecule has 0 heterocycles. The number of nitriles is 1. The van der Waals surface area contributed by atoms with Crippen LogP contribution in [0.5, 0.6) is 0 Å². The highest BCUT2D eigenvalue weighted by atomic mass is 32.2. The zero-order valence-electron chi connectivity index (χ0n) is 10.7. The van der Waals surface area contributed by atoms with Crippen molar-refractivity contribution in [2.24, 2.45) is 0 Å². The van der Waals surface area contributed by atoms with Crippen LogP contribution in [0.4, 0.5) is 18.9 Å². The highest BCUT2D eigenvalue weighted by Crippen LogP contribution is 2.31. The van der Waals surface area contributed by atoms with Crippen LogP contribution in [0.25, 0.3) is 0 Å². The summed E-state index contributed by atoms with van der Waals surface area (Å²) in [5.41, 5.74) is -0.332. The van der Waals surface area contributed by atoms with Crippen molar-refractivity contribution in [3.05, 3.63) is 29.3 Å². The number of nitrogens with zero attached hydrogens (tertiary/aromatic N) is 1. The summed E-state index contributed by atoms with van der Waals surface area (Å²) in [6.07, 6.45) is -1.55. The molecule has 0 saturated carbocycles. The SMILES string of the molecule is CSCCC(C)Nc1ccc(C(F)(F)F)cc1C#N. The van der Waals surface area contributed by atoms with E-state index in [1.807, 2.05) is 13.2 Å². The molecule has 0 spiro atoms. The van der Waals surface area contributed by atoms with Crippen molar-refractivity contribution >= 4 is 17.4 Å². The first-order chi connectivity index (χ1) is 8.88. The summed E-state index contributed by atoms with van der Waals surface area (Å²) in [4.78, 5) is 0. The minimum Gasteiger partial charge on any atom is -0.381 e. The molecule has 1 N–H and O–H groups in total. The van der Waals surface area contributed by atoms with Gasteiger partial charge >= 0.3 is 6.18 Å². The van der Waals surface area contributed by atoms with Gasteiger partial charge in [0.25, 0.3) is 0 Å². The second-order valence-corrected chi connectivity index (χ2v) is 5.18. The van der Waals surface area contributed by atoms with Crippen molar-refractivity contribution < 1.29 is 13.2 Å². The first-order valence-electron chi connectivity index (χ1n) is 5.75. The van der Waals surface area contributed by atoms with Crippen LogP contribution in [-0.4, -0.2) is 18.1 Å². The fourth-order valence-electron chi connectivity index (χ4n) is 1.57. The van der Waals surface area contributed by atoms with E-state index in [2.05, 4.69) is 5.32 Å². The lowest BCUT2D eigenvalue weighted by atomic mass is 10.1. The molecule has 0 saturated heterocycles. The van der Waals surface area contributed by atoms with Gasteiger partial charge in [-0.25, -0.2) is 0 Å². The maximum atomic E-state index is 12.5. The average Bonchev–Trinajstić information content (AvgIpc) is 2.35. The molecule has 2 nitrogen and oxygen atoms in total. The number of rotatable bonds is 5. The van der Waals surface area contributed by atoms with Gasteiger partial charge in [0, 0.05) is 6.04 Å². The first kappa shape index (κ1) is 15.7. The Bertz CT molecular complexity index is 466. The standard InChI is InChI=1S/C13H15F3N2S/c1-9(5-6-19-2)18-12-4-3-11(13(14,15)16)7-10(12)8-17/h3-4,7,9,18H,5-6H2,1-2H3. The molecule has 0 aromatic heterocycles. The summed E-state index contributed by atoms with van der Waals surface area (Å²) in [7, 11) is 0. The Morgan fingerprint density at radius 3 is 2.63 bits per heavy atom. The van der Waals surface area contributed by atoms with E-state index in [4.69, 9.17) is 5.26 Å². The Kier molecular flexibility index (Phi) is 5.55. The largest absolute Gasteiger partial charge is 0.416 e. The van der Waals surface area contributed by atoms with Gasteiger partial charge in [-0.1, -0.05) is 0 Å². The molecule has 1 unspecified atom stereocenters. The summed E-state index contributed by atoms with van der Waals surface area (Å²) < 4.78 is 37.6. The Balaban J connectivity index is 2.89. The van der Waals surface area contributed by atoms with Crippen molar-refractivity contribution in [3.63, 3.8) is 0 Å². The molecule has 0 aliphatic heterocycles. The van der Waals surface area contributed by atoms with Crippen molar-refractivity contribution in [1.82, 2.24) is 0 Å². The molecular formula is C13H15F3N2S. The first-order valence-corrected chi connectivity index (χ1v) is 7.14. The van der Waals surface area contributed by atoms with Gasteiger partial charge in [0.15, 0.2) is 0 Å². The Hall–Kier alpha value is -1.35. The van der Waals surface area contributed by atoms with Crippen LogP contribution in [0.3, 0.4) is 0 Å². The molecule has 0 aliphatic carbocycles. The molecule has 6 heteroatoms. The van der Waals surface area contributed by atoms with Crippen LogP contribution in [0, 0.1) is 11.3 Å². The van der Waals surface area contributed by atoms with Crippen LogP contribution in [-0.2, 0) is 6.18 Å². The van der Waals surface area contributed by atoms with Crippen molar-refractivity contribution in [1.29, 1.82) is 5.26 Å². The molecular weight excluding hydrogens is 273 g/mol. The number of thioether (sulfide) groups is 1. The van der Waals surface area contributed by atoms with Gasteiger partial charge in [-0.15, -0.1) is 0 Å². The lowest BCUT2D eigenvalue weighted by molar-refractivity contribution is -0.137. The molecule has 0 radical (unpaired) electrons. The smallest absolute Gasteiger partial charge is 0.381 e. The minimum absolute atomic E-state index is 0.0193. The number of alkyl halides is 3. The van der Waals surface area contributed by atoms with Crippen LogP contribution >= 0.6 is 11.8 Å². The number of hydrogen-bond acceptors (Lipinski definition) is 3. The van der Waals surface area contributed by atoms with E-state index in [0.29, 0.717) is 5.69 Å². The number of halogens is 3. The van der Waals surface area contributed by atoms with E-state index in [1.54, 1.807) is 17.8 Å². The van der Waals surface area contributed by atoms with Crippen LogP contribution in [0.2, 0.25) is 0 Å². The maximum Gasteiger partial charge on any atom is 0.416 e. The van der Waals surface area contributed by atoms with Gasteiger partial charge in [-0.05, 0) is 43.6 Å². The van der Waals surface area contributed by atoms with Gasteiger partial charge in [-0.2, -0.15) is 30.2 Å². The predicted molar refractivity (Wildman–Crippen MR) is 72.2 cm³/mol. The van der Waals surface area contributed by atoms with Crippen LogP contribution < -0.4 is 5.32 Å². The molecule has 1 rings (SSSR count). The molecule has 104 valence electrons. The van der Waals surface area contributed by atoms with E-state index in [1.165, 1.54) is 6.07 Å². The highest BCUT2D eigenvalue weighted by molar-refractivity contribution is 7.98. The molecule has 0 fully saturated rings. The molecule has 0 amide bonds. The van der Waals surface area contributed by atoms with Crippen LogP contribution in [0.15, 0.2) is 18.2 Å². The predicted octanol–water partition coefficient (Wildman–Crippen LogP) is 4.13. The van der Waals surface area contributed by atoms with Gasteiger partial charge in [0.2, 0.25) is 0 Å². The molecule has 0 bridgehead atoms. The fraction of sp³-hybridized carbons (Fsp3) is 0.462. The third kappa shape index (κ3) is 4.67. The molecule has 0 aliphatic rings. The third-order valence-corrected chi connectivity index (χ3v) is 3.27. The van der Waals surface area contributed by atoms with Gasteiger partial charge in [0.05, 0.1) is 16.8 Å². The van der Waals surface area contributed by atoms with E-state index in [9.17, 15) is 13.2 Å². The fourth-order valence-corrected chi connectivity index (χ4v) is 2.16. The van der Waals surface area contributed by atoms with Gasteiger partial charge < -0.3 is 5.32 Å². The van der Waals surface area contributed by atoms with E-state index in [-0.39, 0.29) is 11.6 Å². The highest BCUT2D eigenvalue weighted by Gasteiger charge is 2.31. The summed E-state index contributed by atoms with van der Waals surface area (Å²) >= 11 is 1.70. The molecule has 19 heavy (non-hydrogen) atoms. The molecule has 1 atom stereocenters. The monoisotopic (exact) mass is 288 g/mol. The number of nitrogens with one attached hydrogen (secondary N) is 1. The molecule has 1 aromatic rings. The second-order valence-electron chi connectivity index (χ2n) is 4.20. The van der Waals surface area contributed by atoms with Crippen molar-refractivity contribution in [3.8, 4) is 6.07 Å². The lowest BCUT2D eigenvalue weighted by Crippen LogP contribution is -2.17. The third-order valence-electron chi connectivity index (χ3n) is 2.62. The Morgan fingerprint density at radius 1 is 1.42 bits per heavy atom.